The van der Waals surface area contributed by atoms with Crippen LogP contribution in [-0.4, -0.2) is 40.1 Å². The van der Waals surface area contributed by atoms with Crippen LogP contribution in [0.5, 0.6) is 11.5 Å². The van der Waals surface area contributed by atoms with Crippen molar-refractivity contribution in [1.29, 1.82) is 0 Å². The molecule has 0 amide bonds. The van der Waals surface area contributed by atoms with Crippen molar-refractivity contribution in [2.45, 2.75) is 9.79 Å². The zero-order chi connectivity index (χ0) is 22.5. The Morgan fingerprint density at radius 3 is 2.44 bits per heavy atom. The lowest BCUT2D eigenvalue weighted by atomic mass is 10.1. The third-order valence-corrected chi connectivity index (χ3v) is 7.72. The Kier molecular flexibility index (Phi) is 4.60. The van der Waals surface area contributed by atoms with Gasteiger partial charge in [-0.05, 0) is 48.5 Å². The number of ether oxygens (including phenoxy) is 2. The zero-order valence-electron chi connectivity index (χ0n) is 16.7. The number of nitrogens with one attached hydrogen (secondary N) is 2. The molecule has 11 heteroatoms. The van der Waals surface area contributed by atoms with Gasteiger partial charge in [0.1, 0.15) is 10.6 Å². The first-order valence-corrected chi connectivity index (χ1v) is 12.8. The van der Waals surface area contributed by atoms with Crippen molar-refractivity contribution < 1.29 is 26.3 Å². The van der Waals surface area contributed by atoms with Gasteiger partial charge in [0, 0.05) is 22.9 Å². The minimum atomic E-state index is -4.16. The minimum absolute atomic E-state index is 0.154. The van der Waals surface area contributed by atoms with E-state index in [1.54, 1.807) is 30.3 Å². The average Bonchev–Trinajstić information content (AvgIpc) is 3.39. The third-order valence-electron chi connectivity index (χ3n) is 5.00. The first kappa shape index (κ1) is 20.3. The van der Waals surface area contributed by atoms with Crippen molar-refractivity contribution in [1.82, 2.24) is 10.2 Å². The number of H-pyrrole nitrogens is 1. The second-order valence-electron chi connectivity index (χ2n) is 7.23. The van der Waals surface area contributed by atoms with Crippen LogP contribution in [0.1, 0.15) is 0 Å². The summed E-state index contributed by atoms with van der Waals surface area (Å²) in [5.74, 6) is 1.25. The van der Waals surface area contributed by atoms with E-state index in [9.17, 15) is 16.8 Å². The molecular weight excluding hydrogens is 454 g/mol. The van der Waals surface area contributed by atoms with Crippen molar-refractivity contribution in [3.05, 3.63) is 60.7 Å². The molecule has 32 heavy (non-hydrogen) atoms. The van der Waals surface area contributed by atoms with Crippen LogP contribution in [0.3, 0.4) is 0 Å². The maximum absolute atomic E-state index is 13.0. The van der Waals surface area contributed by atoms with Crippen LogP contribution in [0.2, 0.25) is 0 Å². The van der Waals surface area contributed by atoms with E-state index in [4.69, 9.17) is 9.47 Å². The molecule has 164 valence electrons. The summed E-state index contributed by atoms with van der Waals surface area (Å²) in [5.41, 5.74) is 2.35. The number of rotatable bonds is 5. The average molecular weight is 472 g/mol. The summed E-state index contributed by atoms with van der Waals surface area (Å²) in [6.45, 7) is 0.154. The van der Waals surface area contributed by atoms with E-state index in [0.717, 1.165) is 11.8 Å². The van der Waals surface area contributed by atoms with Gasteiger partial charge in [0.05, 0.1) is 10.4 Å². The van der Waals surface area contributed by atoms with E-state index in [2.05, 4.69) is 14.9 Å². The topological polar surface area (TPSA) is 127 Å². The lowest BCUT2D eigenvalue weighted by Gasteiger charge is -2.11. The van der Waals surface area contributed by atoms with Crippen LogP contribution >= 0.6 is 0 Å². The SMILES string of the molecule is CS(=O)(=O)c1ccccc1S(=O)(=O)Nc1ccc2[nH]nc(-c3ccc4c(c3)OCO4)c2c1. The number of hydrogen-bond donors (Lipinski definition) is 2. The Labute approximate surface area is 184 Å². The molecule has 9 nitrogen and oxygen atoms in total. The lowest BCUT2D eigenvalue weighted by molar-refractivity contribution is 0.174. The molecule has 4 aromatic rings. The standard InChI is InChI=1S/C21H17N3O6S2/c1-31(25,26)19-4-2-3-5-20(19)32(27,28)24-14-7-8-16-15(11-14)21(23-22-16)13-6-9-17-18(10-13)30-12-29-17/h2-11,24H,12H2,1H3,(H,22,23). The molecule has 0 fully saturated rings. The summed E-state index contributed by atoms with van der Waals surface area (Å²) < 4.78 is 63.3. The van der Waals surface area contributed by atoms with Crippen LogP contribution in [0, 0.1) is 0 Å². The van der Waals surface area contributed by atoms with Gasteiger partial charge in [0.15, 0.2) is 21.3 Å². The number of hydrogen-bond acceptors (Lipinski definition) is 7. The molecule has 0 unspecified atom stereocenters. The number of anilines is 1. The molecule has 0 saturated heterocycles. The van der Waals surface area contributed by atoms with Gasteiger partial charge in [0.25, 0.3) is 10.0 Å². The predicted molar refractivity (Wildman–Crippen MR) is 118 cm³/mol. The Bertz CT molecular complexity index is 1580. The molecule has 0 bridgehead atoms. The molecule has 2 N–H and O–H groups in total. The summed E-state index contributed by atoms with van der Waals surface area (Å²) >= 11 is 0. The number of sulfone groups is 1. The number of nitrogens with zero attached hydrogens (tertiary/aromatic N) is 1. The molecule has 5 rings (SSSR count). The van der Waals surface area contributed by atoms with Crippen molar-refractivity contribution in [2.75, 3.05) is 17.8 Å². The monoisotopic (exact) mass is 471 g/mol. The predicted octanol–water partition coefficient (Wildman–Crippen LogP) is 3.16. The van der Waals surface area contributed by atoms with Gasteiger partial charge in [-0.15, -0.1) is 0 Å². The first-order valence-electron chi connectivity index (χ1n) is 9.42. The summed E-state index contributed by atoms with van der Waals surface area (Å²) in [5, 5.41) is 7.96. The molecule has 0 radical (unpaired) electrons. The maximum Gasteiger partial charge on any atom is 0.263 e. The van der Waals surface area contributed by atoms with Gasteiger partial charge in [-0.25, -0.2) is 16.8 Å². The fraction of sp³-hybridized carbons (Fsp3) is 0.0952. The van der Waals surface area contributed by atoms with Crippen molar-refractivity contribution >= 4 is 36.5 Å². The largest absolute Gasteiger partial charge is 0.454 e. The summed E-state index contributed by atoms with van der Waals surface area (Å²) in [6, 6.07) is 15.8. The molecule has 0 atom stereocenters. The summed E-state index contributed by atoms with van der Waals surface area (Å²) in [7, 11) is -7.90. The van der Waals surface area contributed by atoms with Gasteiger partial charge in [-0.2, -0.15) is 5.10 Å². The van der Waals surface area contributed by atoms with E-state index >= 15 is 0 Å². The van der Waals surface area contributed by atoms with E-state index in [-0.39, 0.29) is 22.3 Å². The van der Waals surface area contributed by atoms with Crippen LogP contribution in [0.25, 0.3) is 22.2 Å². The van der Waals surface area contributed by atoms with Crippen molar-refractivity contribution in [3.63, 3.8) is 0 Å². The van der Waals surface area contributed by atoms with Crippen LogP contribution < -0.4 is 14.2 Å². The number of benzene rings is 3. The number of aromatic amines is 1. The molecule has 1 aliphatic rings. The Morgan fingerprint density at radius 2 is 1.66 bits per heavy atom. The molecular formula is C21H17N3O6S2. The van der Waals surface area contributed by atoms with Crippen LogP contribution in [-0.2, 0) is 19.9 Å². The fourth-order valence-electron chi connectivity index (χ4n) is 3.53. The van der Waals surface area contributed by atoms with Crippen molar-refractivity contribution in [3.8, 4) is 22.8 Å². The number of aromatic nitrogens is 2. The van der Waals surface area contributed by atoms with Crippen molar-refractivity contribution in [2.24, 2.45) is 0 Å². The van der Waals surface area contributed by atoms with E-state index in [1.165, 1.54) is 24.3 Å². The molecule has 3 aromatic carbocycles. The molecule has 0 spiro atoms. The number of fused-ring (bicyclic) bond motifs is 2. The molecule has 1 aromatic heterocycles. The lowest BCUT2D eigenvalue weighted by Crippen LogP contribution is -2.16. The molecule has 2 heterocycles. The molecule has 0 aliphatic carbocycles. The second kappa shape index (κ2) is 7.24. The van der Waals surface area contributed by atoms with Gasteiger partial charge in [0.2, 0.25) is 6.79 Å². The summed E-state index contributed by atoms with van der Waals surface area (Å²) in [6.07, 6.45) is 0.969. The summed E-state index contributed by atoms with van der Waals surface area (Å²) in [4.78, 5) is -0.580. The normalized spacial score (nSPS) is 13.4. The Balaban J connectivity index is 1.55. The second-order valence-corrected chi connectivity index (χ2v) is 10.9. The smallest absolute Gasteiger partial charge is 0.263 e. The van der Waals surface area contributed by atoms with Crippen LogP contribution in [0.15, 0.2) is 70.5 Å². The highest BCUT2D eigenvalue weighted by atomic mass is 32.2. The highest BCUT2D eigenvalue weighted by molar-refractivity contribution is 7.95. The fourth-order valence-corrected chi connectivity index (χ4v) is 6.21. The zero-order valence-corrected chi connectivity index (χ0v) is 18.3. The van der Waals surface area contributed by atoms with Gasteiger partial charge in [-0.3, -0.25) is 9.82 Å². The van der Waals surface area contributed by atoms with E-state index in [1.807, 2.05) is 6.07 Å². The highest BCUT2D eigenvalue weighted by Crippen LogP contribution is 2.37. The number of sulfonamides is 1. The third kappa shape index (κ3) is 3.55. The molecule has 1 aliphatic heterocycles. The van der Waals surface area contributed by atoms with E-state index in [0.29, 0.717) is 28.1 Å². The van der Waals surface area contributed by atoms with Gasteiger partial charge < -0.3 is 9.47 Å². The van der Waals surface area contributed by atoms with Gasteiger partial charge in [-0.1, -0.05) is 12.1 Å². The van der Waals surface area contributed by atoms with Crippen LogP contribution in [0.4, 0.5) is 5.69 Å². The molecule has 0 saturated carbocycles. The minimum Gasteiger partial charge on any atom is -0.454 e. The highest BCUT2D eigenvalue weighted by Gasteiger charge is 2.24. The van der Waals surface area contributed by atoms with Gasteiger partial charge >= 0.3 is 0 Å². The quantitative estimate of drug-likeness (QED) is 0.458. The Morgan fingerprint density at radius 1 is 0.906 bits per heavy atom. The maximum atomic E-state index is 13.0. The Hall–Kier alpha value is -3.57. The first-order chi connectivity index (χ1) is 15.2. The van der Waals surface area contributed by atoms with E-state index < -0.39 is 19.9 Å².